The molecule has 0 aromatic carbocycles. The molecule has 0 heterocycles. The van der Waals surface area contributed by atoms with Gasteiger partial charge >= 0.3 is 0 Å². The summed E-state index contributed by atoms with van der Waals surface area (Å²) >= 11 is 0. The summed E-state index contributed by atoms with van der Waals surface area (Å²) in [5, 5.41) is 8.98. The highest BCUT2D eigenvalue weighted by molar-refractivity contribution is 5.16. The fraction of sp³-hybridized carbons (Fsp3) is 0.500. The van der Waals surface area contributed by atoms with Crippen molar-refractivity contribution >= 4 is 0 Å². The van der Waals surface area contributed by atoms with Crippen LogP contribution in [-0.4, -0.2) is 5.11 Å². The minimum absolute atomic E-state index is 0.424. The van der Waals surface area contributed by atoms with Crippen LogP contribution in [0.2, 0.25) is 0 Å². The second-order valence-electron chi connectivity index (χ2n) is 2.40. The Kier molecular flexibility index (Phi) is 1.93. The third-order valence-electron chi connectivity index (χ3n) is 1.66. The standard InChI is InChI=1S/C8H12O/c1-2-7-4-3-5-8(9)6-7/h3,5-7,9H,2,4H2,1H3/t7-/m1/s1. The monoisotopic (exact) mass is 124 g/mol. The Bertz CT molecular complexity index is 145. The normalized spacial score (nSPS) is 25.9. The molecule has 1 rings (SSSR count). The number of hydrogen-bond donors (Lipinski definition) is 1. The second-order valence-corrected chi connectivity index (χ2v) is 2.40. The van der Waals surface area contributed by atoms with E-state index in [1.807, 2.05) is 12.2 Å². The molecule has 1 aliphatic rings. The van der Waals surface area contributed by atoms with Crippen LogP contribution < -0.4 is 0 Å². The maximum absolute atomic E-state index is 8.98. The van der Waals surface area contributed by atoms with Gasteiger partial charge in [-0.25, -0.2) is 0 Å². The van der Waals surface area contributed by atoms with Gasteiger partial charge in [0, 0.05) is 0 Å². The highest BCUT2D eigenvalue weighted by Crippen LogP contribution is 2.17. The van der Waals surface area contributed by atoms with E-state index in [0.717, 1.165) is 12.8 Å². The Labute approximate surface area is 55.7 Å². The topological polar surface area (TPSA) is 20.2 Å². The Morgan fingerprint density at radius 3 is 3.00 bits per heavy atom. The molecule has 0 amide bonds. The number of rotatable bonds is 1. The van der Waals surface area contributed by atoms with E-state index in [-0.39, 0.29) is 0 Å². The summed E-state index contributed by atoms with van der Waals surface area (Å²) in [7, 11) is 0. The van der Waals surface area contributed by atoms with Gasteiger partial charge < -0.3 is 5.11 Å². The lowest BCUT2D eigenvalue weighted by atomic mass is 9.98. The first-order valence-electron chi connectivity index (χ1n) is 3.40. The molecule has 0 saturated heterocycles. The summed E-state index contributed by atoms with van der Waals surface area (Å²) in [6, 6.07) is 0. The van der Waals surface area contributed by atoms with E-state index in [4.69, 9.17) is 5.11 Å². The molecule has 0 saturated carbocycles. The average Bonchev–Trinajstić information content (AvgIpc) is 1.88. The van der Waals surface area contributed by atoms with E-state index in [9.17, 15) is 0 Å². The predicted molar refractivity (Wildman–Crippen MR) is 38.2 cm³/mol. The first-order chi connectivity index (χ1) is 4.33. The molecule has 0 aromatic rings. The average molecular weight is 124 g/mol. The van der Waals surface area contributed by atoms with E-state index in [1.165, 1.54) is 0 Å². The summed E-state index contributed by atoms with van der Waals surface area (Å²) < 4.78 is 0. The zero-order chi connectivity index (χ0) is 6.69. The van der Waals surface area contributed by atoms with Gasteiger partial charge in [-0.3, -0.25) is 0 Å². The Hall–Kier alpha value is -0.720. The lowest BCUT2D eigenvalue weighted by molar-refractivity contribution is 0.415. The number of allylic oxidation sites excluding steroid dienone is 3. The highest BCUT2D eigenvalue weighted by atomic mass is 16.3. The molecular weight excluding hydrogens is 112 g/mol. The molecule has 0 bridgehead atoms. The third kappa shape index (κ3) is 1.60. The van der Waals surface area contributed by atoms with Gasteiger partial charge in [0.05, 0.1) is 0 Å². The SMILES string of the molecule is CC[C@H]1C=C(O)C=CC1. The van der Waals surface area contributed by atoms with Crippen LogP contribution in [0, 0.1) is 5.92 Å². The van der Waals surface area contributed by atoms with Crippen molar-refractivity contribution < 1.29 is 5.11 Å². The highest BCUT2D eigenvalue weighted by Gasteiger charge is 2.04. The van der Waals surface area contributed by atoms with Crippen molar-refractivity contribution in [3.63, 3.8) is 0 Å². The van der Waals surface area contributed by atoms with Gasteiger partial charge in [-0.1, -0.05) is 13.0 Å². The largest absolute Gasteiger partial charge is 0.508 e. The molecule has 0 spiro atoms. The number of aliphatic hydroxyl groups excluding tert-OH is 1. The molecule has 0 fully saturated rings. The van der Waals surface area contributed by atoms with Crippen molar-refractivity contribution in [3.8, 4) is 0 Å². The molecule has 1 aliphatic carbocycles. The van der Waals surface area contributed by atoms with Gasteiger partial charge in [-0.2, -0.15) is 0 Å². The van der Waals surface area contributed by atoms with Gasteiger partial charge in [0.1, 0.15) is 5.76 Å². The fourth-order valence-corrected chi connectivity index (χ4v) is 1.01. The van der Waals surface area contributed by atoms with Crippen molar-refractivity contribution in [2.24, 2.45) is 5.92 Å². The van der Waals surface area contributed by atoms with E-state index in [0.29, 0.717) is 11.7 Å². The molecule has 1 N–H and O–H groups in total. The van der Waals surface area contributed by atoms with Gasteiger partial charge in [0.25, 0.3) is 0 Å². The van der Waals surface area contributed by atoms with Crippen LogP contribution in [0.3, 0.4) is 0 Å². The van der Waals surface area contributed by atoms with Gasteiger partial charge in [-0.05, 0) is 30.9 Å². The molecule has 0 aliphatic heterocycles. The maximum atomic E-state index is 8.98. The molecule has 50 valence electrons. The second kappa shape index (κ2) is 2.72. The van der Waals surface area contributed by atoms with E-state index < -0.39 is 0 Å². The van der Waals surface area contributed by atoms with Gasteiger partial charge in [-0.15, -0.1) is 0 Å². The summed E-state index contributed by atoms with van der Waals surface area (Å²) in [5.41, 5.74) is 0. The van der Waals surface area contributed by atoms with Crippen molar-refractivity contribution in [2.75, 3.05) is 0 Å². The predicted octanol–water partition coefficient (Wildman–Crippen LogP) is 2.41. The van der Waals surface area contributed by atoms with Crippen molar-refractivity contribution in [2.45, 2.75) is 19.8 Å². The molecule has 0 unspecified atom stereocenters. The van der Waals surface area contributed by atoms with Crippen LogP contribution in [0.5, 0.6) is 0 Å². The Morgan fingerprint density at radius 1 is 1.78 bits per heavy atom. The number of aliphatic hydroxyl groups is 1. The van der Waals surface area contributed by atoms with Crippen molar-refractivity contribution in [1.29, 1.82) is 0 Å². The van der Waals surface area contributed by atoms with Crippen molar-refractivity contribution in [1.82, 2.24) is 0 Å². The van der Waals surface area contributed by atoms with Crippen LogP contribution in [0.15, 0.2) is 24.0 Å². The lowest BCUT2D eigenvalue weighted by Gasteiger charge is -2.10. The van der Waals surface area contributed by atoms with Crippen molar-refractivity contribution in [3.05, 3.63) is 24.0 Å². The zero-order valence-electron chi connectivity index (χ0n) is 5.67. The lowest BCUT2D eigenvalue weighted by Crippen LogP contribution is -1.97. The Morgan fingerprint density at radius 2 is 2.56 bits per heavy atom. The van der Waals surface area contributed by atoms with Crippen LogP contribution >= 0.6 is 0 Å². The summed E-state index contributed by atoms with van der Waals surface area (Å²) in [6.45, 7) is 2.13. The first-order valence-corrected chi connectivity index (χ1v) is 3.40. The molecule has 0 radical (unpaired) electrons. The Balaban J connectivity index is 2.55. The van der Waals surface area contributed by atoms with Crippen LogP contribution in [0.4, 0.5) is 0 Å². The van der Waals surface area contributed by atoms with E-state index in [1.54, 1.807) is 6.08 Å². The molecule has 0 aromatic heterocycles. The quantitative estimate of drug-likeness (QED) is 0.569. The fourth-order valence-electron chi connectivity index (χ4n) is 1.01. The first kappa shape index (κ1) is 6.40. The van der Waals surface area contributed by atoms with Crippen LogP contribution in [-0.2, 0) is 0 Å². The minimum Gasteiger partial charge on any atom is -0.508 e. The zero-order valence-corrected chi connectivity index (χ0v) is 5.67. The van der Waals surface area contributed by atoms with Crippen LogP contribution in [0.1, 0.15) is 19.8 Å². The van der Waals surface area contributed by atoms with Gasteiger partial charge in [0.15, 0.2) is 0 Å². The summed E-state index contributed by atoms with van der Waals surface area (Å²) in [6.07, 6.45) is 7.89. The minimum atomic E-state index is 0.424. The van der Waals surface area contributed by atoms with E-state index >= 15 is 0 Å². The molecule has 1 heteroatoms. The molecule has 1 atom stereocenters. The van der Waals surface area contributed by atoms with E-state index in [2.05, 4.69) is 6.92 Å². The molecule has 1 nitrogen and oxygen atoms in total. The summed E-state index contributed by atoms with van der Waals surface area (Å²) in [4.78, 5) is 0. The molecular formula is C8H12O. The maximum Gasteiger partial charge on any atom is 0.111 e. The van der Waals surface area contributed by atoms with Gasteiger partial charge in [0.2, 0.25) is 0 Å². The summed E-state index contributed by atoms with van der Waals surface area (Å²) in [5.74, 6) is 0.989. The smallest absolute Gasteiger partial charge is 0.111 e. The number of hydrogen-bond acceptors (Lipinski definition) is 1. The van der Waals surface area contributed by atoms with Crippen LogP contribution in [0.25, 0.3) is 0 Å². The third-order valence-corrected chi connectivity index (χ3v) is 1.66. The molecule has 9 heavy (non-hydrogen) atoms.